The van der Waals surface area contributed by atoms with E-state index in [1.54, 1.807) is 37.3 Å². The van der Waals surface area contributed by atoms with Gasteiger partial charge in [-0.15, -0.1) is 0 Å². The van der Waals surface area contributed by atoms with E-state index < -0.39 is 5.92 Å². The Morgan fingerprint density at radius 3 is 2.52 bits per heavy atom. The van der Waals surface area contributed by atoms with Gasteiger partial charge < -0.3 is 19.7 Å². The van der Waals surface area contributed by atoms with Crippen LogP contribution in [0.5, 0.6) is 11.5 Å². The van der Waals surface area contributed by atoms with Crippen LogP contribution < -0.4 is 19.7 Å². The molecule has 1 heterocycles. The predicted octanol–water partition coefficient (Wildman–Crippen LogP) is 4.21. The Balaban J connectivity index is 1.71. The highest BCUT2D eigenvalue weighted by Crippen LogP contribution is 2.36. The molecule has 6 nitrogen and oxygen atoms in total. The molecule has 1 aliphatic heterocycles. The molecule has 0 unspecified atom stereocenters. The molecule has 1 fully saturated rings. The third-order valence-corrected chi connectivity index (χ3v) is 5.53. The summed E-state index contributed by atoms with van der Waals surface area (Å²) < 4.78 is 10.7. The maximum Gasteiger partial charge on any atom is 0.229 e. The van der Waals surface area contributed by atoms with Crippen LogP contribution in [0.4, 0.5) is 11.4 Å². The predicted molar refractivity (Wildman–Crippen MR) is 114 cm³/mol. The van der Waals surface area contributed by atoms with Crippen molar-refractivity contribution in [2.24, 2.45) is 5.92 Å². The fourth-order valence-corrected chi connectivity index (χ4v) is 3.50. The van der Waals surface area contributed by atoms with E-state index in [1.165, 1.54) is 5.56 Å². The first-order valence-corrected chi connectivity index (χ1v) is 9.90. The zero-order chi connectivity index (χ0) is 21.0. The van der Waals surface area contributed by atoms with Crippen LogP contribution in [0.3, 0.4) is 0 Å². The zero-order valence-electron chi connectivity index (χ0n) is 17.4. The number of benzene rings is 2. The minimum Gasteiger partial charge on any atom is -0.497 e. The summed E-state index contributed by atoms with van der Waals surface area (Å²) in [6.45, 7) is 4.64. The van der Waals surface area contributed by atoms with Gasteiger partial charge >= 0.3 is 0 Å². The standard InChI is InChI=1S/C23H28N2O4/c1-5-15(2)16-6-8-18(9-7-16)24-23(27)17-12-22(26)25(14-17)20-13-19(28-3)10-11-21(20)29-4/h6-11,13,15,17H,5,12,14H2,1-4H3,(H,24,27)/t15-,17-/m1/s1. The molecule has 29 heavy (non-hydrogen) atoms. The van der Waals surface area contributed by atoms with Crippen LogP contribution in [0.2, 0.25) is 0 Å². The molecule has 154 valence electrons. The number of nitrogens with one attached hydrogen (secondary N) is 1. The van der Waals surface area contributed by atoms with E-state index in [2.05, 4.69) is 19.2 Å². The lowest BCUT2D eigenvalue weighted by Gasteiger charge is -2.20. The van der Waals surface area contributed by atoms with Gasteiger partial charge in [0.1, 0.15) is 11.5 Å². The number of carbonyl (C=O) groups is 2. The van der Waals surface area contributed by atoms with Crippen LogP contribution in [0.25, 0.3) is 0 Å². The number of hydrogen-bond donors (Lipinski definition) is 1. The van der Waals surface area contributed by atoms with Crippen LogP contribution in [0.1, 0.15) is 38.2 Å². The van der Waals surface area contributed by atoms with Gasteiger partial charge in [0.2, 0.25) is 11.8 Å². The number of anilines is 2. The fourth-order valence-electron chi connectivity index (χ4n) is 3.50. The number of rotatable bonds is 7. The van der Waals surface area contributed by atoms with Gasteiger partial charge in [0.15, 0.2) is 0 Å². The average Bonchev–Trinajstić information content (AvgIpc) is 3.14. The van der Waals surface area contributed by atoms with Gasteiger partial charge in [-0.25, -0.2) is 0 Å². The van der Waals surface area contributed by atoms with Crippen molar-refractivity contribution in [3.63, 3.8) is 0 Å². The number of amides is 2. The van der Waals surface area contributed by atoms with Crippen molar-refractivity contribution < 1.29 is 19.1 Å². The van der Waals surface area contributed by atoms with Gasteiger partial charge in [-0.2, -0.15) is 0 Å². The number of hydrogen-bond acceptors (Lipinski definition) is 4. The lowest BCUT2D eigenvalue weighted by atomic mass is 9.98. The fraction of sp³-hybridized carbons (Fsp3) is 0.391. The Morgan fingerprint density at radius 1 is 1.17 bits per heavy atom. The first-order valence-electron chi connectivity index (χ1n) is 9.90. The Labute approximate surface area is 171 Å². The molecule has 0 radical (unpaired) electrons. The summed E-state index contributed by atoms with van der Waals surface area (Å²) in [5.74, 6) is 0.998. The molecule has 2 aromatic carbocycles. The molecular weight excluding hydrogens is 368 g/mol. The smallest absolute Gasteiger partial charge is 0.229 e. The van der Waals surface area contributed by atoms with E-state index in [4.69, 9.17) is 9.47 Å². The van der Waals surface area contributed by atoms with Gasteiger partial charge in [-0.3, -0.25) is 9.59 Å². The summed E-state index contributed by atoms with van der Waals surface area (Å²) in [6, 6.07) is 13.2. The molecule has 0 spiro atoms. The Morgan fingerprint density at radius 2 is 1.90 bits per heavy atom. The van der Waals surface area contributed by atoms with Gasteiger partial charge in [-0.1, -0.05) is 26.0 Å². The highest BCUT2D eigenvalue weighted by molar-refractivity contribution is 6.04. The normalized spacial score (nSPS) is 17.2. The number of methoxy groups -OCH3 is 2. The van der Waals surface area contributed by atoms with E-state index in [-0.39, 0.29) is 18.2 Å². The molecule has 1 aliphatic rings. The molecule has 0 saturated carbocycles. The van der Waals surface area contributed by atoms with Crippen LogP contribution in [0, 0.1) is 5.92 Å². The summed E-state index contributed by atoms with van der Waals surface area (Å²) in [5.41, 5.74) is 2.61. The van der Waals surface area contributed by atoms with Gasteiger partial charge in [0.25, 0.3) is 0 Å². The quantitative estimate of drug-likeness (QED) is 0.761. The molecule has 1 N–H and O–H groups in total. The van der Waals surface area contributed by atoms with Gasteiger partial charge in [0, 0.05) is 24.7 Å². The lowest BCUT2D eigenvalue weighted by Crippen LogP contribution is -2.28. The average molecular weight is 396 g/mol. The number of ether oxygens (including phenoxy) is 2. The lowest BCUT2D eigenvalue weighted by molar-refractivity contribution is -0.122. The molecule has 6 heteroatoms. The molecule has 0 aliphatic carbocycles. The summed E-state index contributed by atoms with van der Waals surface area (Å²) in [7, 11) is 3.12. The maximum atomic E-state index is 12.7. The van der Waals surface area contributed by atoms with Crippen LogP contribution in [0.15, 0.2) is 42.5 Å². The first-order chi connectivity index (χ1) is 14.0. The largest absolute Gasteiger partial charge is 0.497 e. The van der Waals surface area contributed by atoms with Crippen LogP contribution in [-0.4, -0.2) is 32.6 Å². The summed E-state index contributed by atoms with van der Waals surface area (Å²) in [6.07, 6.45) is 1.23. The topological polar surface area (TPSA) is 67.9 Å². The summed E-state index contributed by atoms with van der Waals surface area (Å²) >= 11 is 0. The molecule has 1 saturated heterocycles. The molecule has 2 amide bonds. The minimum absolute atomic E-state index is 0.108. The van der Waals surface area contributed by atoms with Crippen molar-refractivity contribution in [1.29, 1.82) is 0 Å². The SMILES string of the molecule is CC[C@@H](C)c1ccc(NC(=O)[C@@H]2CC(=O)N(c3cc(OC)ccc3OC)C2)cc1. The van der Waals surface area contributed by atoms with Crippen molar-refractivity contribution in [1.82, 2.24) is 0 Å². The van der Waals surface area contributed by atoms with E-state index in [0.717, 1.165) is 12.1 Å². The highest BCUT2D eigenvalue weighted by atomic mass is 16.5. The highest BCUT2D eigenvalue weighted by Gasteiger charge is 2.36. The second kappa shape index (κ2) is 8.99. The molecule has 0 aromatic heterocycles. The summed E-state index contributed by atoms with van der Waals surface area (Å²) in [5, 5.41) is 2.94. The number of nitrogens with zero attached hydrogens (tertiary/aromatic N) is 1. The monoisotopic (exact) mass is 396 g/mol. The van der Waals surface area contributed by atoms with E-state index in [1.807, 2.05) is 24.3 Å². The molecular formula is C23H28N2O4. The maximum absolute atomic E-state index is 12.7. The van der Waals surface area contributed by atoms with Gasteiger partial charge in [0.05, 0.1) is 25.8 Å². The number of carbonyl (C=O) groups excluding carboxylic acids is 2. The van der Waals surface area contributed by atoms with E-state index in [0.29, 0.717) is 29.6 Å². The molecule has 2 aromatic rings. The van der Waals surface area contributed by atoms with E-state index in [9.17, 15) is 9.59 Å². The molecule has 3 rings (SSSR count). The Kier molecular flexibility index (Phi) is 6.42. The van der Waals surface area contributed by atoms with Crippen LogP contribution in [-0.2, 0) is 9.59 Å². The summed E-state index contributed by atoms with van der Waals surface area (Å²) in [4.78, 5) is 27.0. The Hall–Kier alpha value is -3.02. The third kappa shape index (κ3) is 4.53. The van der Waals surface area contributed by atoms with Crippen molar-refractivity contribution in [2.75, 3.05) is 31.0 Å². The van der Waals surface area contributed by atoms with Crippen molar-refractivity contribution in [3.8, 4) is 11.5 Å². The minimum atomic E-state index is -0.423. The first kappa shape index (κ1) is 20.7. The van der Waals surface area contributed by atoms with Crippen molar-refractivity contribution in [3.05, 3.63) is 48.0 Å². The second-order valence-corrected chi connectivity index (χ2v) is 7.36. The molecule has 2 atom stereocenters. The third-order valence-electron chi connectivity index (χ3n) is 5.53. The van der Waals surface area contributed by atoms with Gasteiger partial charge in [-0.05, 0) is 42.2 Å². The van der Waals surface area contributed by atoms with Crippen LogP contribution >= 0.6 is 0 Å². The Bertz CT molecular complexity index is 879. The molecule has 0 bridgehead atoms. The zero-order valence-corrected chi connectivity index (χ0v) is 17.4. The van der Waals surface area contributed by atoms with E-state index >= 15 is 0 Å². The van der Waals surface area contributed by atoms with Crippen molar-refractivity contribution >= 4 is 23.2 Å². The second-order valence-electron chi connectivity index (χ2n) is 7.36. The van der Waals surface area contributed by atoms with Crippen molar-refractivity contribution in [2.45, 2.75) is 32.6 Å².